The second-order valence-corrected chi connectivity index (χ2v) is 4.72. The molecule has 0 amide bonds. The fourth-order valence-electron chi connectivity index (χ4n) is 1.73. The molecule has 0 spiro atoms. The number of ether oxygens (including phenoxy) is 3. The molecule has 1 aliphatic rings. The molecule has 2 rings (SSSR count). The minimum atomic E-state index is -0.0851. The van der Waals surface area contributed by atoms with E-state index in [9.17, 15) is 0 Å². The van der Waals surface area contributed by atoms with Crippen molar-refractivity contribution in [3.8, 4) is 11.5 Å². The minimum Gasteiger partial charge on any atom is -0.493 e. The molecule has 94 valence electrons. The highest BCUT2D eigenvalue weighted by molar-refractivity contribution is 9.09. The van der Waals surface area contributed by atoms with Crippen molar-refractivity contribution in [2.45, 2.75) is 25.6 Å². The van der Waals surface area contributed by atoms with Gasteiger partial charge in [-0.15, -0.1) is 0 Å². The van der Waals surface area contributed by atoms with Crippen LogP contribution in [0.4, 0.5) is 0 Å². The smallest absolute Gasteiger partial charge is 0.199 e. The summed E-state index contributed by atoms with van der Waals surface area (Å²) >= 11 is 3.32. The van der Waals surface area contributed by atoms with Gasteiger partial charge in [0.05, 0.1) is 13.2 Å². The van der Waals surface area contributed by atoms with Crippen molar-refractivity contribution in [3.63, 3.8) is 0 Å². The number of halogens is 1. The number of alkyl halides is 1. The Balaban J connectivity index is 1.84. The van der Waals surface area contributed by atoms with Crippen LogP contribution in [0, 0.1) is 0 Å². The molecule has 1 unspecified atom stereocenters. The van der Waals surface area contributed by atoms with Gasteiger partial charge in [0.25, 0.3) is 0 Å². The van der Waals surface area contributed by atoms with Crippen molar-refractivity contribution < 1.29 is 14.2 Å². The fraction of sp³-hybridized carbons (Fsp3) is 0.538. The highest BCUT2D eigenvalue weighted by Gasteiger charge is 2.14. The molecule has 0 radical (unpaired) electrons. The van der Waals surface area contributed by atoms with Crippen molar-refractivity contribution in [1.29, 1.82) is 0 Å². The van der Waals surface area contributed by atoms with Gasteiger partial charge >= 0.3 is 0 Å². The van der Waals surface area contributed by atoms with Crippen LogP contribution in [0.3, 0.4) is 0 Å². The molecule has 1 aromatic carbocycles. The lowest BCUT2D eigenvalue weighted by molar-refractivity contribution is -0.105. The van der Waals surface area contributed by atoms with Crippen LogP contribution in [0.25, 0.3) is 0 Å². The van der Waals surface area contributed by atoms with E-state index in [0.717, 1.165) is 36.3 Å². The first-order valence-corrected chi connectivity index (χ1v) is 7.08. The topological polar surface area (TPSA) is 27.7 Å². The predicted octanol–water partition coefficient (Wildman–Crippen LogP) is 3.37. The molecule has 0 aliphatic carbocycles. The first kappa shape index (κ1) is 12.7. The minimum absolute atomic E-state index is 0.0851. The molecule has 0 saturated carbocycles. The Hall–Kier alpha value is -0.740. The first-order valence-electron chi connectivity index (χ1n) is 5.95. The lowest BCUT2D eigenvalue weighted by Gasteiger charge is -2.23. The molecular weight excluding hydrogens is 284 g/mol. The van der Waals surface area contributed by atoms with E-state index in [4.69, 9.17) is 14.2 Å². The quantitative estimate of drug-likeness (QED) is 0.781. The van der Waals surface area contributed by atoms with Crippen molar-refractivity contribution in [2.24, 2.45) is 0 Å². The Morgan fingerprint density at radius 2 is 1.94 bits per heavy atom. The van der Waals surface area contributed by atoms with Crippen molar-refractivity contribution in [1.82, 2.24) is 0 Å². The van der Waals surface area contributed by atoms with Crippen LogP contribution in [0.15, 0.2) is 24.3 Å². The molecule has 1 aliphatic heterocycles. The average molecular weight is 301 g/mol. The van der Waals surface area contributed by atoms with E-state index >= 15 is 0 Å². The second-order valence-electron chi connectivity index (χ2n) is 3.92. The van der Waals surface area contributed by atoms with Crippen molar-refractivity contribution in [2.75, 3.05) is 18.5 Å². The van der Waals surface area contributed by atoms with Gasteiger partial charge in [-0.05, 0) is 37.1 Å². The van der Waals surface area contributed by atoms with E-state index in [1.54, 1.807) is 0 Å². The summed E-state index contributed by atoms with van der Waals surface area (Å²) < 4.78 is 16.7. The largest absolute Gasteiger partial charge is 0.493 e. The molecule has 0 N–H and O–H groups in total. The third-order valence-electron chi connectivity index (χ3n) is 2.58. The van der Waals surface area contributed by atoms with Crippen molar-refractivity contribution in [3.05, 3.63) is 24.3 Å². The Morgan fingerprint density at radius 3 is 2.59 bits per heavy atom. The highest BCUT2D eigenvalue weighted by Crippen LogP contribution is 2.22. The maximum absolute atomic E-state index is 5.73. The molecule has 3 nitrogen and oxygen atoms in total. The molecule has 1 atom stereocenters. The number of hydrogen-bond acceptors (Lipinski definition) is 3. The summed E-state index contributed by atoms with van der Waals surface area (Å²) in [6, 6.07) is 7.67. The molecule has 1 heterocycles. The van der Waals surface area contributed by atoms with Crippen LogP contribution in [0.5, 0.6) is 11.5 Å². The lowest BCUT2D eigenvalue weighted by Crippen LogP contribution is -2.24. The first-order chi connectivity index (χ1) is 8.38. The molecule has 1 fully saturated rings. The number of hydrogen-bond donors (Lipinski definition) is 0. The Kier molecular flexibility index (Phi) is 5.13. The highest BCUT2D eigenvalue weighted by atomic mass is 79.9. The van der Waals surface area contributed by atoms with Gasteiger partial charge in [-0.1, -0.05) is 15.9 Å². The Morgan fingerprint density at radius 1 is 1.18 bits per heavy atom. The summed E-state index contributed by atoms with van der Waals surface area (Å²) in [7, 11) is 0. The molecule has 1 saturated heterocycles. The molecule has 17 heavy (non-hydrogen) atoms. The molecule has 0 aromatic heterocycles. The fourth-order valence-corrected chi connectivity index (χ4v) is 1.89. The monoisotopic (exact) mass is 300 g/mol. The summed E-state index contributed by atoms with van der Waals surface area (Å²) in [6.07, 6.45) is 3.20. The molecular formula is C13H17BrO3. The summed E-state index contributed by atoms with van der Waals surface area (Å²) in [5, 5.41) is 0.834. The molecule has 1 aromatic rings. The SMILES string of the molecule is BrCCOc1ccc(OC2CCCCO2)cc1. The van der Waals surface area contributed by atoms with Gasteiger partial charge in [0, 0.05) is 11.8 Å². The van der Waals surface area contributed by atoms with Crippen LogP contribution < -0.4 is 9.47 Å². The van der Waals surface area contributed by atoms with Gasteiger partial charge in [0.1, 0.15) is 11.5 Å². The van der Waals surface area contributed by atoms with Gasteiger partial charge < -0.3 is 14.2 Å². The van der Waals surface area contributed by atoms with Gasteiger partial charge in [0.15, 0.2) is 6.29 Å². The van der Waals surface area contributed by atoms with E-state index in [1.807, 2.05) is 24.3 Å². The van der Waals surface area contributed by atoms with Crippen LogP contribution in [0.1, 0.15) is 19.3 Å². The van der Waals surface area contributed by atoms with E-state index in [2.05, 4.69) is 15.9 Å². The summed E-state index contributed by atoms with van der Waals surface area (Å²) in [6.45, 7) is 1.48. The van der Waals surface area contributed by atoms with Crippen LogP contribution in [0.2, 0.25) is 0 Å². The number of benzene rings is 1. The van der Waals surface area contributed by atoms with E-state index in [-0.39, 0.29) is 6.29 Å². The summed E-state index contributed by atoms with van der Waals surface area (Å²) in [5.74, 6) is 1.70. The standard InChI is InChI=1S/C13H17BrO3/c14-8-10-15-11-4-6-12(7-5-11)17-13-3-1-2-9-16-13/h4-7,13H,1-3,8-10H2. The van der Waals surface area contributed by atoms with E-state index < -0.39 is 0 Å². The van der Waals surface area contributed by atoms with Gasteiger partial charge in [-0.25, -0.2) is 0 Å². The van der Waals surface area contributed by atoms with Gasteiger partial charge in [-0.3, -0.25) is 0 Å². The van der Waals surface area contributed by atoms with Crippen LogP contribution in [-0.2, 0) is 4.74 Å². The second kappa shape index (κ2) is 6.87. The molecule has 0 bridgehead atoms. The summed E-state index contributed by atoms with van der Waals surface area (Å²) in [4.78, 5) is 0. The lowest BCUT2D eigenvalue weighted by atomic mass is 10.2. The number of rotatable bonds is 5. The normalized spacial score (nSPS) is 19.9. The maximum Gasteiger partial charge on any atom is 0.199 e. The predicted molar refractivity (Wildman–Crippen MR) is 70.0 cm³/mol. The van der Waals surface area contributed by atoms with Crippen LogP contribution >= 0.6 is 15.9 Å². The van der Waals surface area contributed by atoms with E-state index in [1.165, 1.54) is 6.42 Å². The Bertz CT molecular complexity index is 320. The zero-order chi connectivity index (χ0) is 11.9. The Labute approximate surface area is 110 Å². The van der Waals surface area contributed by atoms with Crippen molar-refractivity contribution >= 4 is 15.9 Å². The van der Waals surface area contributed by atoms with E-state index in [0.29, 0.717) is 6.61 Å². The average Bonchev–Trinajstić information content (AvgIpc) is 2.39. The van der Waals surface area contributed by atoms with Gasteiger partial charge in [-0.2, -0.15) is 0 Å². The van der Waals surface area contributed by atoms with Gasteiger partial charge in [0.2, 0.25) is 0 Å². The molecule has 4 heteroatoms. The van der Waals surface area contributed by atoms with Crippen LogP contribution in [-0.4, -0.2) is 24.8 Å². The maximum atomic E-state index is 5.73. The third kappa shape index (κ3) is 4.21. The summed E-state index contributed by atoms with van der Waals surface area (Å²) in [5.41, 5.74) is 0. The zero-order valence-electron chi connectivity index (χ0n) is 9.73. The zero-order valence-corrected chi connectivity index (χ0v) is 11.3. The third-order valence-corrected chi connectivity index (χ3v) is 2.90.